The fourth-order valence-electron chi connectivity index (χ4n) is 2.83. The average Bonchev–Trinajstić information content (AvgIpc) is 3.40. The molecule has 1 amide bonds. The monoisotopic (exact) mass is 365 g/mol. The molecule has 0 bridgehead atoms. The molecule has 2 heterocycles. The molecule has 0 spiro atoms. The molecule has 1 aliphatic rings. The van der Waals surface area contributed by atoms with Crippen molar-refractivity contribution in [3.63, 3.8) is 0 Å². The second kappa shape index (κ2) is 8.01. The number of hydrogen-bond acceptors (Lipinski definition) is 6. The lowest BCUT2D eigenvalue weighted by atomic mass is 10.2. The van der Waals surface area contributed by atoms with Crippen molar-refractivity contribution >= 4 is 11.6 Å². The van der Waals surface area contributed by atoms with Crippen molar-refractivity contribution in [3.05, 3.63) is 60.4 Å². The number of aromatic nitrogens is 2. The van der Waals surface area contributed by atoms with E-state index in [1.165, 1.54) is 0 Å². The quantitative estimate of drug-likeness (QED) is 0.720. The van der Waals surface area contributed by atoms with Gasteiger partial charge in [-0.2, -0.15) is 4.98 Å². The third kappa shape index (κ3) is 4.32. The lowest BCUT2D eigenvalue weighted by Crippen LogP contribution is -2.26. The van der Waals surface area contributed by atoms with E-state index in [1.54, 1.807) is 6.07 Å². The summed E-state index contributed by atoms with van der Waals surface area (Å²) in [5.41, 5.74) is 1.38. The van der Waals surface area contributed by atoms with Crippen molar-refractivity contribution in [2.24, 2.45) is 0 Å². The minimum absolute atomic E-state index is 0.132. The van der Waals surface area contributed by atoms with E-state index in [0.717, 1.165) is 24.2 Å². The summed E-state index contributed by atoms with van der Waals surface area (Å²) in [7, 11) is 0. The molecule has 7 heteroatoms. The Morgan fingerprint density at radius 1 is 1.19 bits per heavy atom. The van der Waals surface area contributed by atoms with Crippen LogP contribution in [-0.2, 0) is 16.1 Å². The van der Waals surface area contributed by atoms with Gasteiger partial charge in [-0.15, -0.1) is 0 Å². The lowest BCUT2D eigenvalue weighted by Gasteiger charge is -2.10. The second-order valence-corrected chi connectivity index (χ2v) is 6.19. The van der Waals surface area contributed by atoms with E-state index in [9.17, 15) is 4.79 Å². The Morgan fingerprint density at radius 2 is 2.07 bits per heavy atom. The predicted octanol–water partition coefficient (Wildman–Crippen LogP) is 3.43. The standard InChI is InChI=1S/C20H19N3O4/c24-19(17-10-5-11-25-17)21-15-7-4-6-14(12-15)20-22-18(23-27-20)13-26-16-8-2-1-3-9-16/h1-4,6-9,12,17H,5,10-11,13H2,(H,21,24). The number of ether oxygens (including phenoxy) is 2. The van der Waals surface area contributed by atoms with Gasteiger partial charge in [-0.05, 0) is 43.2 Å². The van der Waals surface area contributed by atoms with Crippen LogP contribution in [0.1, 0.15) is 18.7 Å². The summed E-state index contributed by atoms with van der Waals surface area (Å²) in [6, 6.07) is 16.7. The normalized spacial score (nSPS) is 16.2. The van der Waals surface area contributed by atoms with Gasteiger partial charge in [0.15, 0.2) is 6.61 Å². The summed E-state index contributed by atoms with van der Waals surface area (Å²) >= 11 is 0. The summed E-state index contributed by atoms with van der Waals surface area (Å²) in [5.74, 6) is 1.42. The van der Waals surface area contributed by atoms with Crippen LogP contribution in [0.15, 0.2) is 59.1 Å². The minimum atomic E-state index is -0.376. The zero-order valence-electron chi connectivity index (χ0n) is 14.6. The highest BCUT2D eigenvalue weighted by molar-refractivity contribution is 5.94. The number of para-hydroxylation sites is 1. The Morgan fingerprint density at radius 3 is 2.89 bits per heavy atom. The zero-order chi connectivity index (χ0) is 18.5. The first kappa shape index (κ1) is 17.2. The maximum absolute atomic E-state index is 12.2. The van der Waals surface area contributed by atoms with Crippen molar-refractivity contribution < 1.29 is 18.8 Å². The maximum atomic E-state index is 12.2. The molecular weight excluding hydrogens is 346 g/mol. The Labute approximate surface area is 156 Å². The van der Waals surface area contributed by atoms with E-state index in [2.05, 4.69) is 15.5 Å². The number of nitrogens with one attached hydrogen (secondary N) is 1. The zero-order valence-corrected chi connectivity index (χ0v) is 14.6. The van der Waals surface area contributed by atoms with Crippen LogP contribution in [0.25, 0.3) is 11.5 Å². The second-order valence-electron chi connectivity index (χ2n) is 6.19. The van der Waals surface area contributed by atoms with Crippen LogP contribution >= 0.6 is 0 Å². The molecule has 3 aromatic rings. The molecule has 1 aromatic heterocycles. The van der Waals surface area contributed by atoms with Crippen LogP contribution in [0.4, 0.5) is 5.69 Å². The fourth-order valence-corrected chi connectivity index (χ4v) is 2.83. The Kier molecular flexibility index (Phi) is 5.11. The highest BCUT2D eigenvalue weighted by Gasteiger charge is 2.23. The van der Waals surface area contributed by atoms with E-state index in [0.29, 0.717) is 24.0 Å². The van der Waals surface area contributed by atoms with Gasteiger partial charge in [0.1, 0.15) is 11.9 Å². The molecule has 7 nitrogen and oxygen atoms in total. The number of carbonyl (C=O) groups excluding carboxylic acids is 1. The van der Waals surface area contributed by atoms with Crippen LogP contribution in [0.3, 0.4) is 0 Å². The fraction of sp³-hybridized carbons (Fsp3) is 0.250. The van der Waals surface area contributed by atoms with E-state index < -0.39 is 0 Å². The average molecular weight is 365 g/mol. The van der Waals surface area contributed by atoms with E-state index in [4.69, 9.17) is 14.0 Å². The first-order valence-electron chi connectivity index (χ1n) is 8.81. The first-order valence-corrected chi connectivity index (χ1v) is 8.81. The third-order valence-corrected chi connectivity index (χ3v) is 4.18. The topological polar surface area (TPSA) is 86.5 Å². The molecule has 1 atom stereocenters. The number of hydrogen-bond donors (Lipinski definition) is 1. The molecule has 1 saturated heterocycles. The minimum Gasteiger partial charge on any atom is -0.485 e. The van der Waals surface area contributed by atoms with Crippen molar-refractivity contribution in [3.8, 4) is 17.2 Å². The summed E-state index contributed by atoms with van der Waals surface area (Å²) in [6.07, 6.45) is 1.28. The molecule has 0 aliphatic carbocycles. The molecule has 1 N–H and O–H groups in total. The van der Waals surface area contributed by atoms with Crippen molar-refractivity contribution in [1.29, 1.82) is 0 Å². The lowest BCUT2D eigenvalue weighted by molar-refractivity contribution is -0.124. The van der Waals surface area contributed by atoms with Crippen LogP contribution < -0.4 is 10.1 Å². The van der Waals surface area contributed by atoms with Gasteiger partial charge in [-0.3, -0.25) is 4.79 Å². The Hall–Kier alpha value is -3.19. The maximum Gasteiger partial charge on any atom is 0.258 e. The van der Waals surface area contributed by atoms with Crippen LogP contribution in [0.2, 0.25) is 0 Å². The summed E-state index contributed by atoms with van der Waals surface area (Å²) in [6.45, 7) is 0.844. The number of amides is 1. The molecule has 0 saturated carbocycles. The van der Waals surface area contributed by atoms with Gasteiger partial charge in [0, 0.05) is 17.9 Å². The van der Waals surface area contributed by atoms with Crippen molar-refractivity contribution in [2.75, 3.05) is 11.9 Å². The number of carbonyl (C=O) groups is 1. The van der Waals surface area contributed by atoms with Gasteiger partial charge >= 0.3 is 0 Å². The summed E-state index contributed by atoms with van der Waals surface area (Å²) in [4.78, 5) is 16.5. The molecule has 4 rings (SSSR count). The Bertz CT molecular complexity index is 904. The van der Waals surface area contributed by atoms with E-state index in [-0.39, 0.29) is 18.6 Å². The highest BCUT2D eigenvalue weighted by Crippen LogP contribution is 2.22. The van der Waals surface area contributed by atoms with Gasteiger partial charge in [-0.25, -0.2) is 0 Å². The number of benzene rings is 2. The van der Waals surface area contributed by atoms with Gasteiger partial charge in [-0.1, -0.05) is 29.4 Å². The molecule has 0 radical (unpaired) electrons. The van der Waals surface area contributed by atoms with Gasteiger partial charge in [0.2, 0.25) is 5.82 Å². The number of nitrogens with zero attached hydrogens (tertiary/aromatic N) is 2. The van der Waals surface area contributed by atoms with E-state index in [1.807, 2.05) is 48.5 Å². The van der Waals surface area contributed by atoms with Gasteiger partial charge in [0.25, 0.3) is 11.8 Å². The molecule has 1 aliphatic heterocycles. The third-order valence-electron chi connectivity index (χ3n) is 4.18. The summed E-state index contributed by atoms with van der Waals surface area (Å²) < 4.78 is 16.3. The van der Waals surface area contributed by atoms with E-state index >= 15 is 0 Å². The van der Waals surface area contributed by atoms with Crippen LogP contribution in [-0.4, -0.2) is 28.8 Å². The molecule has 2 aromatic carbocycles. The van der Waals surface area contributed by atoms with Crippen LogP contribution in [0, 0.1) is 0 Å². The molecule has 1 unspecified atom stereocenters. The first-order chi connectivity index (χ1) is 13.3. The van der Waals surface area contributed by atoms with Crippen LogP contribution in [0.5, 0.6) is 5.75 Å². The number of anilines is 1. The molecular formula is C20H19N3O4. The van der Waals surface area contributed by atoms with Crippen molar-refractivity contribution in [2.45, 2.75) is 25.6 Å². The predicted molar refractivity (Wildman–Crippen MR) is 98.1 cm³/mol. The number of rotatable bonds is 6. The highest BCUT2D eigenvalue weighted by atomic mass is 16.5. The summed E-state index contributed by atoms with van der Waals surface area (Å²) in [5, 5.41) is 6.81. The molecule has 27 heavy (non-hydrogen) atoms. The SMILES string of the molecule is O=C(Nc1cccc(-c2nc(COc3ccccc3)no2)c1)C1CCCO1. The van der Waals surface area contributed by atoms with Crippen molar-refractivity contribution in [1.82, 2.24) is 10.1 Å². The smallest absolute Gasteiger partial charge is 0.258 e. The Balaban J connectivity index is 1.41. The molecule has 138 valence electrons. The van der Waals surface area contributed by atoms with Gasteiger partial charge < -0.3 is 19.3 Å². The van der Waals surface area contributed by atoms with Gasteiger partial charge in [0.05, 0.1) is 0 Å². The molecule has 1 fully saturated rings. The largest absolute Gasteiger partial charge is 0.485 e.